The fourth-order valence-corrected chi connectivity index (χ4v) is 0.743. The number of ether oxygens (including phenoxy) is 1. The van der Waals surface area contributed by atoms with Crippen molar-refractivity contribution in [2.75, 3.05) is 13.7 Å². The predicted octanol–water partition coefficient (Wildman–Crippen LogP) is 0.217. The standard InChI is InChI=1S/C9H11N3O2S/c1-3-4-11-9(15)12-6-7(5-10)8(13)14-2/h3,6H,1,4H2,2H3,(H2,11,12,15)/b7-6-. The van der Waals surface area contributed by atoms with Crippen molar-refractivity contribution in [2.24, 2.45) is 0 Å². The van der Waals surface area contributed by atoms with Crippen molar-refractivity contribution in [3.63, 3.8) is 0 Å². The van der Waals surface area contributed by atoms with Gasteiger partial charge in [-0.15, -0.1) is 6.58 Å². The summed E-state index contributed by atoms with van der Waals surface area (Å²) in [5.41, 5.74) is -0.153. The molecule has 0 atom stereocenters. The molecule has 15 heavy (non-hydrogen) atoms. The second kappa shape index (κ2) is 7.53. The van der Waals surface area contributed by atoms with E-state index in [-0.39, 0.29) is 5.57 Å². The smallest absolute Gasteiger partial charge is 0.350 e. The quantitative estimate of drug-likeness (QED) is 0.234. The van der Waals surface area contributed by atoms with Crippen LogP contribution in [-0.4, -0.2) is 24.7 Å². The number of hydrogen-bond donors (Lipinski definition) is 2. The molecule has 0 aliphatic heterocycles. The number of nitrogens with zero attached hydrogens (tertiary/aromatic N) is 1. The second-order valence-corrected chi connectivity index (χ2v) is 2.71. The number of carbonyl (C=O) groups excluding carboxylic acids is 1. The minimum atomic E-state index is -0.712. The van der Waals surface area contributed by atoms with Crippen molar-refractivity contribution < 1.29 is 9.53 Å². The summed E-state index contributed by atoms with van der Waals surface area (Å²) in [6, 6.07) is 1.68. The molecule has 0 saturated carbocycles. The molecule has 0 aromatic rings. The van der Waals surface area contributed by atoms with E-state index in [1.165, 1.54) is 13.3 Å². The Morgan fingerprint density at radius 1 is 1.73 bits per heavy atom. The van der Waals surface area contributed by atoms with Gasteiger partial charge in [-0.1, -0.05) is 6.08 Å². The molecule has 0 heterocycles. The molecule has 0 fully saturated rings. The van der Waals surface area contributed by atoms with E-state index in [1.807, 2.05) is 0 Å². The van der Waals surface area contributed by atoms with Crippen LogP contribution in [0.3, 0.4) is 0 Å². The van der Waals surface area contributed by atoms with Crippen LogP contribution in [0.25, 0.3) is 0 Å². The van der Waals surface area contributed by atoms with Crippen LogP contribution in [0.4, 0.5) is 0 Å². The van der Waals surface area contributed by atoms with Gasteiger partial charge in [0, 0.05) is 12.7 Å². The van der Waals surface area contributed by atoms with Crippen LogP contribution in [0.1, 0.15) is 0 Å². The van der Waals surface area contributed by atoms with Gasteiger partial charge in [-0.05, 0) is 12.2 Å². The molecular formula is C9H11N3O2S. The number of thiocarbonyl (C=S) groups is 1. The molecule has 0 aliphatic carbocycles. The van der Waals surface area contributed by atoms with Crippen molar-refractivity contribution in [1.82, 2.24) is 10.6 Å². The molecule has 5 nitrogen and oxygen atoms in total. The molecule has 6 heteroatoms. The Balaban J connectivity index is 4.24. The number of nitriles is 1. The third-order valence-electron chi connectivity index (χ3n) is 1.28. The van der Waals surface area contributed by atoms with Gasteiger partial charge in [0.15, 0.2) is 10.7 Å². The van der Waals surface area contributed by atoms with Crippen molar-refractivity contribution >= 4 is 23.3 Å². The Kier molecular flexibility index (Phi) is 6.59. The van der Waals surface area contributed by atoms with Crippen molar-refractivity contribution in [2.45, 2.75) is 0 Å². The van der Waals surface area contributed by atoms with Crippen LogP contribution < -0.4 is 10.6 Å². The Hall–Kier alpha value is -1.87. The summed E-state index contributed by atoms with van der Waals surface area (Å²) < 4.78 is 4.37. The average Bonchev–Trinajstić information content (AvgIpc) is 2.26. The fourth-order valence-electron chi connectivity index (χ4n) is 0.600. The van der Waals surface area contributed by atoms with Gasteiger partial charge in [-0.25, -0.2) is 4.79 Å². The zero-order chi connectivity index (χ0) is 11.7. The second-order valence-electron chi connectivity index (χ2n) is 2.30. The van der Waals surface area contributed by atoms with Gasteiger partial charge in [0.25, 0.3) is 0 Å². The number of carbonyl (C=O) groups is 1. The molecular weight excluding hydrogens is 214 g/mol. The Labute approximate surface area is 93.4 Å². The molecule has 0 aliphatic rings. The molecule has 0 saturated heterocycles. The first-order valence-corrected chi connectivity index (χ1v) is 4.40. The SMILES string of the molecule is C=CCNC(=S)N/C=C(/C#N)C(=O)OC. The molecule has 0 spiro atoms. The van der Waals surface area contributed by atoms with Gasteiger partial charge < -0.3 is 15.4 Å². The van der Waals surface area contributed by atoms with Crippen LogP contribution in [0.2, 0.25) is 0 Å². The Morgan fingerprint density at radius 3 is 2.87 bits per heavy atom. The minimum Gasteiger partial charge on any atom is -0.465 e. The van der Waals surface area contributed by atoms with Crippen LogP contribution >= 0.6 is 12.2 Å². The lowest BCUT2D eigenvalue weighted by atomic mass is 10.3. The van der Waals surface area contributed by atoms with E-state index in [2.05, 4.69) is 21.9 Å². The summed E-state index contributed by atoms with van der Waals surface area (Å²) in [5, 5.41) is 14.2. The maximum Gasteiger partial charge on any atom is 0.350 e. The van der Waals surface area contributed by atoms with Gasteiger partial charge in [0.1, 0.15) is 6.07 Å². The van der Waals surface area contributed by atoms with Crippen LogP contribution in [0.5, 0.6) is 0 Å². The molecule has 0 unspecified atom stereocenters. The van der Waals surface area contributed by atoms with Gasteiger partial charge in [0.05, 0.1) is 7.11 Å². The van der Waals surface area contributed by atoms with E-state index in [0.29, 0.717) is 11.7 Å². The summed E-state index contributed by atoms with van der Waals surface area (Å²) in [7, 11) is 1.20. The van der Waals surface area contributed by atoms with E-state index < -0.39 is 5.97 Å². The zero-order valence-electron chi connectivity index (χ0n) is 8.24. The minimum absolute atomic E-state index is 0.153. The highest BCUT2D eigenvalue weighted by atomic mass is 32.1. The molecule has 0 rings (SSSR count). The normalized spacial score (nSPS) is 9.73. The van der Waals surface area contributed by atoms with E-state index in [9.17, 15) is 4.79 Å². The summed E-state index contributed by atoms with van der Waals surface area (Å²) in [5.74, 6) is -0.712. The Bertz CT molecular complexity index is 331. The number of nitrogens with one attached hydrogen (secondary N) is 2. The highest BCUT2D eigenvalue weighted by Gasteiger charge is 2.07. The molecule has 0 aromatic heterocycles. The zero-order valence-corrected chi connectivity index (χ0v) is 9.06. The van der Waals surface area contributed by atoms with E-state index in [0.717, 1.165) is 0 Å². The summed E-state index contributed by atoms with van der Waals surface area (Å²) in [4.78, 5) is 10.9. The lowest BCUT2D eigenvalue weighted by Crippen LogP contribution is -2.32. The Morgan fingerprint density at radius 2 is 2.40 bits per heavy atom. The van der Waals surface area contributed by atoms with Crippen LogP contribution in [-0.2, 0) is 9.53 Å². The summed E-state index contributed by atoms with van der Waals surface area (Å²) in [6.07, 6.45) is 2.81. The highest BCUT2D eigenvalue weighted by molar-refractivity contribution is 7.80. The molecule has 0 bridgehead atoms. The lowest BCUT2D eigenvalue weighted by Gasteiger charge is -2.04. The number of esters is 1. The largest absolute Gasteiger partial charge is 0.465 e. The summed E-state index contributed by atoms with van der Waals surface area (Å²) >= 11 is 4.83. The number of methoxy groups -OCH3 is 1. The summed E-state index contributed by atoms with van der Waals surface area (Å²) in [6.45, 7) is 3.99. The molecule has 0 radical (unpaired) electrons. The fraction of sp³-hybridized carbons (Fsp3) is 0.222. The molecule has 80 valence electrons. The topological polar surface area (TPSA) is 74.1 Å². The lowest BCUT2D eigenvalue weighted by molar-refractivity contribution is -0.135. The van der Waals surface area contributed by atoms with Crippen molar-refractivity contribution in [3.8, 4) is 6.07 Å². The van der Waals surface area contributed by atoms with Crippen molar-refractivity contribution in [1.29, 1.82) is 5.26 Å². The van der Waals surface area contributed by atoms with Gasteiger partial charge in [-0.2, -0.15) is 5.26 Å². The van der Waals surface area contributed by atoms with Gasteiger partial charge in [-0.3, -0.25) is 0 Å². The first-order chi connectivity index (χ1) is 7.15. The van der Waals surface area contributed by atoms with E-state index in [4.69, 9.17) is 17.5 Å². The first-order valence-electron chi connectivity index (χ1n) is 3.99. The average molecular weight is 225 g/mol. The molecule has 0 aromatic carbocycles. The third-order valence-corrected chi connectivity index (χ3v) is 1.54. The maximum absolute atomic E-state index is 10.9. The van der Waals surface area contributed by atoms with E-state index in [1.54, 1.807) is 12.1 Å². The highest BCUT2D eigenvalue weighted by Crippen LogP contribution is 1.92. The van der Waals surface area contributed by atoms with Crippen molar-refractivity contribution in [3.05, 3.63) is 24.4 Å². The van der Waals surface area contributed by atoms with Crippen LogP contribution in [0, 0.1) is 11.3 Å². The predicted molar refractivity (Wildman–Crippen MR) is 59.6 cm³/mol. The monoisotopic (exact) mass is 225 g/mol. The van der Waals surface area contributed by atoms with E-state index >= 15 is 0 Å². The number of rotatable bonds is 4. The third kappa shape index (κ3) is 5.44. The number of hydrogen-bond acceptors (Lipinski definition) is 4. The first kappa shape index (κ1) is 13.1. The van der Waals surface area contributed by atoms with Crippen LogP contribution in [0.15, 0.2) is 24.4 Å². The molecule has 0 amide bonds. The van der Waals surface area contributed by atoms with Gasteiger partial charge in [0.2, 0.25) is 0 Å². The molecule has 2 N–H and O–H groups in total. The maximum atomic E-state index is 10.9. The van der Waals surface area contributed by atoms with Gasteiger partial charge >= 0.3 is 5.97 Å².